The SMILES string of the molecule is NCC1(CCNCCCC2CC2)CCC1. The van der Waals surface area contributed by atoms with Gasteiger partial charge in [-0.05, 0) is 63.1 Å². The molecule has 0 amide bonds. The molecule has 0 heterocycles. The van der Waals surface area contributed by atoms with E-state index in [-0.39, 0.29) is 0 Å². The summed E-state index contributed by atoms with van der Waals surface area (Å²) in [6.07, 6.45) is 11.3. The van der Waals surface area contributed by atoms with Gasteiger partial charge in [-0.1, -0.05) is 19.3 Å². The van der Waals surface area contributed by atoms with Crippen LogP contribution in [0.4, 0.5) is 0 Å². The first-order valence-electron chi connectivity index (χ1n) is 6.75. The minimum Gasteiger partial charge on any atom is -0.330 e. The molecule has 2 nitrogen and oxygen atoms in total. The average molecular weight is 210 g/mol. The molecule has 2 heteroatoms. The van der Waals surface area contributed by atoms with Gasteiger partial charge < -0.3 is 11.1 Å². The lowest BCUT2D eigenvalue weighted by molar-refractivity contribution is 0.130. The zero-order valence-electron chi connectivity index (χ0n) is 9.93. The van der Waals surface area contributed by atoms with Crippen molar-refractivity contribution in [2.24, 2.45) is 17.1 Å². The molecule has 0 aromatic rings. The van der Waals surface area contributed by atoms with Crippen molar-refractivity contribution >= 4 is 0 Å². The van der Waals surface area contributed by atoms with Crippen LogP contribution in [-0.4, -0.2) is 19.6 Å². The summed E-state index contributed by atoms with van der Waals surface area (Å²) in [5.41, 5.74) is 6.36. The lowest BCUT2D eigenvalue weighted by Gasteiger charge is -2.41. The lowest BCUT2D eigenvalue weighted by atomic mass is 9.67. The van der Waals surface area contributed by atoms with Crippen LogP contribution < -0.4 is 11.1 Å². The third-order valence-corrected chi connectivity index (χ3v) is 4.34. The topological polar surface area (TPSA) is 38.0 Å². The maximum atomic E-state index is 5.83. The van der Waals surface area contributed by atoms with E-state index < -0.39 is 0 Å². The van der Waals surface area contributed by atoms with Crippen molar-refractivity contribution in [2.75, 3.05) is 19.6 Å². The zero-order valence-corrected chi connectivity index (χ0v) is 9.93. The molecule has 15 heavy (non-hydrogen) atoms. The number of hydrogen-bond acceptors (Lipinski definition) is 2. The fourth-order valence-electron chi connectivity index (χ4n) is 2.63. The molecule has 2 aliphatic carbocycles. The summed E-state index contributed by atoms with van der Waals surface area (Å²) in [6.45, 7) is 3.30. The summed E-state index contributed by atoms with van der Waals surface area (Å²) in [6, 6.07) is 0. The second-order valence-electron chi connectivity index (χ2n) is 5.64. The molecule has 88 valence electrons. The van der Waals surface area contributed by atoms with Gasteiger partial charge in [-0.15, -0.1) is 0 Å². The highest BCUT2D eigenvalue weighted by atomic mass is 14.8. The van der Waals surface area contributed by atoms with Gasteiger partial charge in [-0.25, -0.2) is 0 Å². The predicted molar refractivity (Wildman–Crippen MR) is 64.8 cm³/mol. The molecule has 0 atom stereocenters. The molecule has 2 fully saturated rings. The third-order valence-electron chi connectivity index (χ3n) is 4.34. The molecule has 0 saturated heterocycles. The molecule has 0 spiro atoms. The van der Waals surface area contributed by atoms with E-state index in [2.05, 4.69) is 5.32 Å². The fourth-order valence-corrected chi connectivity index (χ4v) is 2.63. The number of hydrogen-bond donors (Lipinski definition) is 2. The van der Waals surface area contributed by atoms with Gasteiger partial charge in [0.15, 0.2) is 0 Å². The molecular weight excluding hydrogens is 184 g/mol. The van der Waals surface area contributed by atoms with Gasteiger partial charge in [-0.2, -0.15) is 0 Å². The Bertz CT molecular complexity index is 177. The van der Waals surface area contributed by atoms with E-state index >= 15 is 0 Å². The number of nitrogens with two attached hydrogens (primary N) is 1. The fraction of sp³-hybridized carbons (Fsp3) is 1.00. The molecule has 0 radical (unpaired) electrons. The smallest absolute Gasteiger partial charge is 0.00201 e. The van der Waals surface area contributed by atoms with Gasteiger partial charge in [0.25, 0.3) is 0 Å². The van der Waals surface area contributed by atoms with Crippen molar-refractivity contribution in [2.45, 2.75) is 51.4 Å². The Labute approximate surface area is 94.0 Å². The van der Waals surface area contributed by atoms with Crippen LogP contribution in [0, 0.1) is 11.3 Å². The molecule has 2 aliphatic rings. The van der Waals surface area contributed by atoms with Gasteiger partial charge in [0.2, 0.25) is 0 Å². The van der Waals surface area contributed by atoms with Crippen molar-refractivity contribution in [3.8, 4) is 0 Å². The van der Waals surface area contributed by atoms with E-state index in [1.165, 1.54) is 64.5 Å². The Kier molecular flexibility index (Phi) is 4.04. The summed E-state index contributed by atoms with van der Waals surface area (Å²) in [5.74, 6) is 1.09. The summed E-state index contributed by atoms with van der Waals surface area (Å²) >= 11 is 0. The van der Waals surface area contributed by atoms with Gasteiger partial charge >= 0.3 is 0 Å². The minimum absolute atomic E-state index is 0.531. The first-order chi connectivity index (χ1) is 7.35. The summed E-state index contributed by atoms with van der Waals surface area (Å²) in [4.78, 5) is 0. The van der Waals surface area contributed by atoms with Crippen LogP contribution in [0.2, 0.25) is 0 Å². The standard InChI is InChI=1S/C13H26N2/c14-11-13(6-2-7-13)8-10-15-9-1-3-12-4-5-12/h12,15H,1-11,14H2. The predicted octanol–water partition coefficient (Wildman–Crippen LogP) is 2.29. The van der Waals surface area contributed by atoms with Crippen molar-refractivity contribution in [1.29, 1.82) is 0 Å². The van der Waals surface area contributed by atoms with Crippen molar-refractivity contribution in [1.82, 2.24) is 5.32 Å². The largest absolute Gasteiger partial charge is 0.330 e. The van der Waals surface area contributed by atoms with E-state index in [1.807, 2.05) is 0 Å². The highest BCUT2D eigenvalue weighted by molar-refractivity contribution is 4.88. The molecule has 0 unspecified atom stereocenters. The Morgan fingerprint density at radius 3 is 2.53 bits per heavy atom. The van der Waals surface area contributed by atoms with Crippen LogP contribution in [0.5, 0.6) is 0 Å². The Morgan fingerprint density at radius 1 is 1.20 bits per heavy atom. The van der Waals surface area contributed by atoms with E-state index in [9.17, 15) is 0 Å². The van der Waals surface area contributed by atoms with Crippen LogP contribution >= 0.6 is 0 Å². The van der Waals surface area contributed by atoms with Gasteiger partial charge in [0.05, 0.1) is 0 Å². The molecule has 0 aromatic carbocycles. The normalized spacial score (nSPS) is 23.8. The molecule has 3 N–H and O–H groups in total. The first-order valence-corrected chi connectivity index (χ1v) is 6.75. The van der Waals surface area contributed by atoms with Gasteiger partial charge in [0.1, 0.15) is 0 Å². The van der Waals surface area contributed by atoms with E-state index in [0.29, 0.717) is 5.41 Å². The van der Waals surface area contributed by atoms with Crippen LogP contribution in [0.15, 0.2) is 0 Å². The van der Waals surface area contributed by atoms with E-state index in [0.717, 1.165) is 12.5 Å². The lowest BCUT2D eigenvalue weighted by Crippen LogP contribution is -2.39. The van der Waals surface area contributed by atoms with Crippen LogP contribution in [0.25, 0.3) is 0 Å². The number of rotatable bonds is 8. The maximum Gasteiger partial charge on any atom is -0.00201 e. The Hall–Kier alpha value is -0.0800. The van der Waals surface area contributed by atoms with Crippen LogP contribution in [0.1, 0.15) is 51.4 Å². The molecular formula is C13H26N2. The molecule has 0 bridgehead atoms. The number of nitrogens with one attached hydrogen (secondary N) is 1. The van der Waals surface area contributed by atoms with Crippen LogP contribution in [0.3, 0.4) is 0 Å². The highest BCUT2D eigenvalue weighted by Crippen LogP contribution is 2.42. The molecule has 0 aromatic heterocycles. The van der Waals surface area contributed by atoms with E-state index in [4.69, 9.17) is 5.73 Å². The minimum atomic E-state index is 0.531. The highest BCUT2D eigenvalue weighted by Gasteiger charge is 2.34. The third kappa shape index (κ3) is 3.46. The second-order valence-corrected chi connectivity index (χ2v) is 5.64. The van der Waals surface area contributed by atoms with E-state index in [1.54, 1.807) is 0 Å². The first kappa shape index (κ1) is 11.4. The van der Waals surface area contributed by atoms with Crippen molar-refractivity contribution < 1.29 is 0 Å². The van der Waals surface area contributed by atoms with Gasteiger partial charge in [0, 0.05) is 0 Å². The second kappa shape index (κ2) is 5.31. The Balaban J connectivity index is 1.43. The average Bonchev–Trinajstić information content (AvgIpc) is 2.98. The maximum absolute atomic E-state index is 5.83. The van der Waals surface area contributed by atoms with Gasteiger partial charge in [-0.3, -0.25) is 0 Å². The van der Waals surface area contributed by atoms with Crippen molar-refractivity contribution in [3.05, 3.63) is 0 Å². The quantitative estimate of drug-likeness (QED) is 0.603. The molecule has 2 rings (SSSR count). The summed E-state index contributed by atoms with van der Waals surface area (Å²) in [5, 5.41) is 3.57. The molecule has 0 aliphatic heterocycles. The molecule has 2 saturated carbocycles. The Morgan fingerprint density at radius 2 is 2.00 bits per heavy atom. The summed E-state index contributed by atoms with van der Waals surface area (Å²) in [7, 11) is 0. The monoisotopic (exact) mass is 210 g/mol. The zero-order chi connectivity index (χ0) is 10.6. The summed E-state index contributed by atoms with van der Waals surface area (Å²) < 4.78 is 0. The van der Waals surface area contributed by atoms with Crippen LogP contribution in [-0.2, 0) is 0 Å². The van der Waals surface area contributed by atoms with Crippen molar-refractivity contribution in [3.63, 3.8) is 0 Å².